The topological polar surface area (TPSA) is 59.9 Å². The molecule has 1 aliphatic rings. The molecular weight excluding hydrogens is 371 g/mol. The minimum Gasteiger partial charge on any atom is -0.406 e. The molecule has 5 nitrogen and oxygen atoms in total. The number of alkyl halides is 3. The molecule has 0 unspecified atom stereocenters. The average molecular weight is 389 g/mol. The summed E-state index contributed by atoms with van der Waals surface area (Å²) in [4.78, 5) is 13.1. The number of rotatable bonds is 3. The molecule has 146 valence electrons. The molecule has 3 aromatic rings. The smallest absolute Gasteiger partial charge is 0.406 e. The first-order chi connectivity index (χ1) is 13.3. The number of fused-ring (bicyclic) bond motifs is 1. The highest BCUT2D eigenvalue weighted by molar-refractivity contribution is 5.68. The maximum atomic E-state index is 13.1. The fourth-order valence-electron chi connectivity index (χ4n) is 3.77. The molecule has 2 aromatic heterocycles. The number of aryl methyl sites for hydroxylation is 1. The first-order valence-corrected chi connectivity index (χ1v) is 8.97. The van der Waals surface area contributed by atoms with Gasteiger partial charge in [-0.25, -0.2) is 0 Å². The van der Waals surface area contributed by atoms with E-state index in [0.29, 0.717) is 17.7 Å². The van der Waals surface area contributed by atoms with E-state index >= 15 is 0 Å². The van der Waals surface area contributed by atoms with Crippen LogP contribution in [0.15, 0.2) is 41.6 Å². The lowest BCUT2D eigenvalue weighted by molar-refractivity contribution is -0.274. The first-order valence-electron chi connectivity index (χ1n) is 8.97. The van der Waals surface area contributed by atoms with Gasteiger partial charge >= 0.3 is 6.36 Å². The summed E-state index contributed by atoms with van der Waals surface area (Å²) in [5, 5.41) is 6.79. The third-order valence-electron chi connectivity index (χ3n) is 5.00. The van der Waals surface area contributed by atoms with Gasteiger partial charge in [0, 0.05) is 29.1 Å². The van der Waals surface area contributed by atoms with Crippen LogP contribution in [0.5, 0.6) is 5.75 Å². The highest BCUT2D eigenvalue weighted by Crippen LogP contribution is 2.31. The molecule has 0 bridgehead atoms. The van der Waals surface area contributed by atoms with Crippen molar-refractivity contribution in [3.8, 4) is 22.6 Å². The number of aromatic nitrogens is 3. The van der Waals surface area contributed by atoms with Gasteiger partial charge in [-0.15, -0.1) is 13.2 Å². The Morgan fingerprint density at radius 3 is 2.57 bits per heavy atom. The largest absolute Gasteiger partial charge is 0.573 e. The molecule has 1 aliphatic carbocycles. The van der Waals surface area contributed by atoms with Crippen LogP contribution in [0.3, 0.4) is 0 Å². The number of ether oxygens (including phenoxy) is 1. The molecule has 0 saturated heterocycles. The molecule has 0 fully saturated rings. The Morgan fingerprint density at radius 1 is 1.18 bits per heavy atom. The Hall–Kier alpha value is -3.03. The number of hydrogen-bond acceptors (Lipinski definition) is 3. The Balaban J connectivity index is 1.87. The first kappa shape index (κ1) is 18.3. The summed E-state index contributed by atoms with van der Waals surface area (Å²) in [6.45, 7) is 1.65. The Bertz CT molecular complexity index is 1070. The minimum atomic E-state index is -4.76. The van der Waals surface area contributed by atoms with Gasteiger partial charge in [0.2, 0.25) is 0 Å². The molecule has 8 heteroatoms. The van der Waals surface area contributed by atoms with Crippen molar-refractivity contribution in [1.29, 1.82) is 0 Å². The van der Waals surface area contributed by atoms with Gasteiger partial charge in [0.15, 0.2) is 0 Å². The molecule has 28 heavy (non-hydrogen) atoms. The van der Waals surface area contributed by atoms with Crippen molar-refractivity contribution in [2.45, 2.75) is 39.0 Å². The monoisotopic (exact) mass is 389 g/mol. The molecule has 1 N–H and O–H groups in total. The van der Waals surface area contributed by atoms with Crippen LogP contribution in [0.1, 0.15) is 29.5 Å². The van der Waals surface area contributed by atoms with E-state index in [-0.39, 0.29) is 11.3 Å². The van der Waals surface area contributed by atoms with E-state index in [1.165, 1.54) is 22.8 Å². The fourth-order valence-corrected chi connectivity index (χ4v) is 3.77. The van der Waals surface area contributed by atoms with Gasteiger partial charge in [-0.1, -0.05) is 0 Å². The molecule has 4 rings (SSSR count). The number of aromatic amines is 1. The predicted molar refractivity (Wildman–Crippen MR) is 97.7 cm³/mol. The Kier molecular flexibility index (Phi) is 4.49. The van der Waals surface area contributed by atoms with E-state index in [1.54, 1.807) is 25.5 Å². The summed E-state index contributed by atoms with van der Waals surface area (Å²) < 4.78 is 42.9. The van der Waals surface area contributed by atoms with Crippen molar-refractivity contribution in [2.75, 3.05) is 0 Å². The van der Waals surface area contributed by atoms with Gasteiger partial charge in [-0.2, -0.15) is 5.10 Å². The van der Waals surface area contributed by atoms with Crippen LogP contribution in [0.25, 0.3) is 16.8 Å². The van der Waals surface area contributed by atoms with Crippen molar-refractivity contribution in [3.63, 3.8) is 0 Å². The summed E-state index contributed by atoms with van der Waals surface area (Å²) in [6.07, 6.45) is 3.93. The van der Waals surface area contributed by atoms with E-state index in [9.17, 15) is 18.0 Å². The van der Waals surface area contributed by atoms with Crippen LogP contribution in [0, 0.1) is 6.92 Å². The lowest BCUT2D eigenvalue weighted by Crippen LogP contribution is -2.27. The molecule has 0 saturated carbocycles. The molecule has 0 atom stereocenters. The van der Waals surface area contributed by atoms with Crippen molar-refractivity contribution in [1.82, 2.24) is 14.8 Å². The van der Waals surface area contributed by atoms with Crippen LogP contribution in [0.4, 0.5) is 13.2 Å². The highest BCUT2D eigenvalue weighted by Gasteiger charge is 2.31. The van der Waals surface area contributed by atoms with Gasteiger partial charge in [0.1, 0.15) is 5.75 Å². The van der Waals surface area contributed by atoms with Crippen LogP contribution >= 0.6 is 0 Å². The number of nitrogens with zero attached hydrogens (tertiary/aromatic N) is 2. The van der Waals surface area contributed by atoms with Crippen LogP contribution < -0.4 is 10.3 Å². The highest BCUT2D eigenvalue weighted by atomic mass is 19.4. The molecule has 1 aromatic carbocycles. The second-order valence-corrected chi connectivity index (χ2v) is 6.87. The van der Waals surface area contributed by atoms with Crippen molar-refractivity contribution in [2.24, 2.45) is 0 Å². The number of benzene rings is 1. The molecule has 0 spiro atoms. The molecule has 0 amide bonds. The van der Waals surface area contributed by atoms with Crippen LogP contribution in [-0.2, 0) is 12.8 Å². The Morgan fingerprint density at radius 2 is 1.93 bits per heavy atom. The molecule has 0 radical (unpaired) electrons. The number of H-pyrrole nitrogens is 1. The molecular formula is C20H18F3N3O2. The standard InChI is InChI=1S/C20H18F3N3O2/c1-12-8-14(28-20(21,22)23)6-7-18(12)26-11-17(13-9-24-25-10-13)15-4-2-3-5-16(15)19(26)27/h6-11H,2-5H2,1H3,(H,24,25). The average Bonchev–Trinajstić information content (AvgIpc) is 3.16. The SMILES string of the molecule is Cc1cc(OC(F)(F)F)ccc1-n1cc(-c2cn[nH]c2)c2c(c1=O)CCCC2. The van der Waals surface area contributed by atoms with E-state index < -0.39 is 6.36 Å². The van der Waals surface area contributed by atoms with Crippen LogP contribution in [-0.4, -0.2) is 21.1 Å². The summed E-state index contributed by atoms with van der Waals surface area (Å²) in [5.74, 6) is -0.310. The predicted octanol–water partition coefficient (Wildman–Crippen LogP) is 4.31. The van der Waals surface area contributed by atoms with E-state index in [2.05, 4.69) is 14.9 Å². The summed E-state index contributed by atoms with van der Waals surface area (Å²) >= 11 is 0. The lowest BCUT2D eigenvalue weighted by atomic mass is 9.88. The van der Waals surface area contributed by atoms with E-state index in [0.717, 1.165) is 41.5 Å². The third kappa shape index (κ3) is 3.42. The van der Waals surface area contributed by atoms with Gasteiger partial charge in [-0.3, -0.25) is 14.5 Å². The minimum absolute atomic E-state index is 0.130. The zero-order chi connectivity index (χ0) is 19.9. The maximum Gasteiger partial charge on any atom is 0.573 e. The van der Waals surface area contributed by atoms with E-state index in [4.69, 9.17) is 0 Å². The van der Waals surface area contributed by atoms with Gasteiger partial charge in [0.25, 0.3) is 5.56 Å². The van der Waals surface area contributed by atoms with Gasteiger partial charge < -0.3 is 4.74 Å². The summed E-state index contributed by atoms with van der Waals surface area (Å²) in [6, 6.07) is 3.98. The van der Waals surface area contributed by atoms with Crippen LogP contribution in [0.2, 0.25) is 0 Å². The Labute approximate surface area is 158 Å². The second kappa shape index (κ2) is 6.85. The second-order valence-electron chi connectivity index (χ2n) is 6.87. The normalized spacial score (nSPS) is 14.0. The number of nitrogens with one attached hydrogen (secondary N) is 1. The lowest BCUT2D eigenvalue weighted by Gasteiger charge is -2.22. The molecule has 2 heterocycles. The quantitative estimate of drug-likeness (QED) is 0.726. The van der Waals surface area contributed by atoms with Gasteiger partial charge in [0.05, 0.1) is 11.9 Å². The third-order valence-corrected chi connectivity index (χ3v) is 5.00. The number of pyridine rings is 1. The van der Waals surface area contributed by atoms with Crippen molar-refractivity contribution in [3.05, 3.63) is 63.8 Å². The number of halogens is 3. The zero-order valence-corrected chi connectivity index (χ0v) is 15.1. The number of hydrogen-bond donors (Lipinski definition) is 1. The zero-order valence-electron chi connectivity index (χ0n) is 15.1. The van der Waals surface area contributed by atoms with Gasteiger partial charge in [-0.05, 0) is 61.9 Å². The maximum absolute atomic E-state index is 13.1. The van der Waals surface area contributed by atoms with Crippen molar-refractivity contribution < 1.29 is 17.9 Å². The summed E-state index contributed by atoms with van der Waals surface area (Å²) in [7, 11) is 0. The van der Waals surface area contributed by atoms with E-state index in [1.807, 2.05) is 0 Å². The summed E-state index contributed by atoms with van der Waals surface area (Å²) in [5.41, 5.74) is 4.49. The molecule has 0 aliphatic heterocycles. The fraction of sp³-hybridized carbons (Fsp3) is 0.300. The van der Waals surface area contributed by atoms with Crippen molar-refractivity contribution >= 4 is 0 Å².